The molecule has 0 saturated heterocycles. The molecule has 0 spiro atoms. The number of nitrogens with zero attached hydrogens (tertiary/aromatic N) is 1. The van der Waals surface area contributed by atoms with E-state index in [1.54, 1.807) is 25.1 Å². The molecule has 0 aliphatic carbocycles. The van der Waals surface area contributed by atoms with Gasteiger partial charge in [0.15, 0.2) is 0 Å². The van der Waals surface area contributed by atoms with Crippen molar-refractivity contribution in [2.24, 2.45) is 0 Å². The van der Waals surface area contributed by atoms with Gasteiger partial charge in [-0.25, -0.2) is 9.78 Å². The highest BCUT2D eigenvalue weighted by Gasteiger charge is 2.19. The minimum Gasteiger partial charge on any atom is -0.454 e. The average Bonchev–Trinajstić information content (AvgIpc) is 3.10. The van der Waals surface area contributed by atoms with E-state index in [1.807, 2.05) is 38.1 Å². The number of anilines is 1. The van der Waals surface area contributed by atoms with E-state index in [2.05, 4.69) is 15.3 Å². The summed E-state index contributed by atoms with van der Waals surface area (Å²) in [6, 6.07) is 13.1. The van der Waals surface area contributed by atoms with Crippen LogP contribution < -0.4 is 10.9 Å². The molecule has 33 heavy (non-hydrogen) atoms. The highest BCUT2D eigenvalue weighted by Crippen LogP contribution is 2.35. The van der Waals surface area contributed by atoms with E-state index in [9.17, 15) is 14.4 Å². The summed E-state index contributed by atoms with van der Waals surface area (Å²) in [6.07, 6.45) is 0. The number of esters is 1. The Morgan fingerprint density at radius 1 is 1.09 bits per heavy atom. The van der Waals surface area contributed by atoms with Crippen LogP contribution in [0.1, 0.15) is 39.1 Å². The third-order valence-electron chi connectivity index (χ3n) is 5.26. The lowest BCUT2D eigenvalue weighted by Crippen LogP contribution is -2.16. The van der Waals surface area contributed by atoms with Gasteiger partial charge in [0, 0.05) is 17.4 Å². The summed E-state index contributed by atoms with van der Waals surface area (Å²) in [5.41, 5.74) is 4.08. The number of hydrogen-bond donors (Lipinski definition) is 2. The fourth-order valence-electron chi connectivity index (χ4n) is 3.69. The summed E-state index contributed by atoms with van der Waals surface area (Å²) in [7, 11) is 0. The first-order valence-corrected chi connectivity index (χ1v) is 11.2. The molecule has 8 heteroatoms. The quantitative estimate of drug-likeness (QED) is 0.412. The predicted octanol–water partition coefficient (Wildman–Crippen LogP) is 4.89. The van der Waals surface area contributed by atoms with E-state index < -0.39 is 5.97 Å². The monoisotopic (exact) mass is 461 g/mol. The molecule has 4 aromatic rings. The van der Waals surface area contributed by atoms with Crippen LogP contribution >= 0.6 is 11.3 Å². The SMILES string of the molecule is CC(=O)Nc1c(C)cccc1C(=O)OCc1nc2sc(C)c(-c3ccc(C)cc3)c2c(=O)[nH]1. The van der Waals surface area contributed by atoms with Gasteiger partial charge in [-0.3, -0.25) is 9.59 Å². The normalized spacial score (nSPS) is 10.9. The minimum atomic E-state index is -0.618. The fourth-order valence-corrected chi connectivity index (χ4v) is 4.76. The Kier molecular flexibility index (Phi) is 6.11. The lowest BCUT2D eigenvalue weighted by atomic mass is 10.0. The second kappa shape index (κ2) is 8.99. The lowest BCUT2D eigenvalue weighted by Gasteiger charge is -2.12. The number of amides is 1. The maximum absolute atomic E-state index is 12.9. The van der Waals surface area contributed by atoms with Crippen molar-refractivity contribution in [1.82, 2.24) is 9.97 Å². The van der Waals surface area contributed by atoms with Gasteiger partial charge in [0.1, 0.15) is 17.3 Å². The van der Waals surface area contributed by atoms with E-state index in [4.69, 9.17) is 4.74 Å². The summed E-state index contributed by atoms with van der Waals surface area (Å²) >= 11 is 1.43. The van der Waals surface area contributed by atoms with Crippen LogP contribution in [0, 0.1) is 20.8 Å². The molecule has 2 aromatic carbocycles. The molecule has 0 bridgehead atoms. The third kappa shape index (κ3) is 4.56. The molecule has 2 aromatic heterocycles. The van der Waals surface area contributed by atoms with Gasteiger partial charge in [0.25, 0.3) is 5.56 Å². The van der Waals surface area contributed by atoms with Crippen molar-refractivity contribution in [2.75, 3.05) is 5.32 Å². The molecule has 168 valence electrons. The molecule has 0 aliphatic heterocycles. The van der Waals surface area contributed by atoms with E-state index >= 15 is 0 Å². The second-order valence-electron chi connectivity index (χ2n) is 7.85. The summed E-state index contributed by atoms with van der Waals surface area (Å²) in [5, 5.41) is 3.20. The van der Waals surface area contributed by atoms with Crippen molar-refractivity contribution in [3.05, 3.63) is 80.2 Å². The van der Waals surface area contributed by atoms with Gasteiger partial charge in [-0.2, -0.15) is 0 Å². The Morgan fingerprint density at radius 3 is 2.52 bits per heavy atom. The molecule has 0 fully saturated rings. The van der Waals surface area contributed by atoms with Crippen LogP contribution in [0.15, 0.2) is 47.3 Å². The number of aromatic amines is 1. The van der Waals surface area contributed by atoms with Crippen molar-refractivity contribution < 1.29 is 14.3 Å². The van der Waals surface area contributed by atoms with E-state index in [1.165, 1.54) is 18.3 Å². The molecule has 0 atom stereocenters. The van der Waals surface area contributed by atoms with E-state index in [-0.39, 0.29) is 29.5 Å². The topological polar surface area (TPSA) is 101 Å². The fraction of sp³-hybridized carbons (Fsp3) is 0.200. The first-order valence-electron chi connectivity index (χ1n) is 10.4. The third-order valence-corrected chi connectivity index (χ3v) is 6.26. The summed E-state index contributed by atoms with van der Waals surface area (Å²) < 4.78 is 5.41. The first-order chi connectivity index (χ1) is 15.7. The van der Waals surface area contributed by atoms with Gasteiger partial charge in [-0.1, -0.05) is 42.0 Å². The molecule has 0 unspecified atom stereocenters. The lowest BCUT2D eigenvalue weighted by molar-refractivity contribution is -0.114. The van der Waals surface area contributed by atoms with Crippen molar-refractivity contribution in [3.8, 4) is 11.1 Å². The smallest absolute Gasteiger partial charge is 0.340 e. The Bertz CT molecular complexity index is 1430. The van der Waals surface area contributed by atoms with Gasteiger partial charge in [-0.15, -0.1) is 11.3 Å². The van der Waals surface area contributed by atoms with Gasteiger partial charge in [0.2, 0.25) is 5.91 Å². The number of ether oxygens (including phenoxy) is 1. The molecular formula is C25H23N3O4S. The van der Waals surface area contributed by atoms with Crippen molar-refractivity contribution in [2.45, 2.75) is 34.3 Å². The van der Waals surface area contributed by atoms with Crippen LogP contribution in [0.3, 0.4) is 0 Å². The summed E-state index contributed by atoms with van der Waals surface area (Å²) in [6.45, 7) is 6.94. The average molecular weight is 462 g/mol. The maximum atomic E-state index is 12.9. The molecule has 0 saturated carbocycles. The zero-order valence-corrected chi connectivity index (χ0v) is 19.6. The number of fused-ring (bicyclic) bond motifs is 1. The molecule has 1 amide bonds. The molecular weight excluding hydrogens is 438 g/mol. The molecule has 4 rings (SSSR count). The number of nitrogens with one attached hydrogen (secondary N) is 2. The molecule has 7 nitrogen and oxygen atoms in total. The van der Waals surface area contributed by atoms with Gasteiger partial charge in [-0.05, 0) is 38.0 Å². The van der Waals surface area contributed by atoms with Crippen molar-refractivity contribution in [3.63, 3.8) is 0 Å². The van der Waals surface area contributed by atoms with Crippen LogP contribution in [0.2, 0.25) is 0 Å². The van der Waals surface area contributed by atoms with Crippen LogP contribution in [0.25, 0.3) is 21.3 Å². The Hall–Kier alpha value is -3.78. The number of hydrogen-bond acceptors (Lipinski definition) is 6. The first kappa shape index (κ1) is 22.4. The Balaban J connectivity index is 1.62. The van der Waals surface area contributed by atoms with Gasteiger partial charge < -0.3 is 15.0 Å². The largest absolute Gasteiger partial charge is 0.454 e. The number of aromatic nitrogens is 2. The number of carbonyl (C=O) groups is 2. The highest BCUT2D eigenvalue weighted by atomic mass is 32.1. The molecule has 2 N–H and O–H groups in total. The van der Waals surface area contributed by atoms with Crippen LogP contribution in [-0.4, -0.2) is 21.8 Å². The standard InChI is InChI=1S/C25H23N3O4S/c1-13-8-10-17(11-9-13)20-15(3)33-24-21(20)23(30)27-19(28-24)12-32-25(31)18-7-5-6-14(2)22(18)26-16(4)29/h5-11H,12H2,1-4H3,(H,26,29)(H,27,28,30). The number of aryl methyl sites for hydroxylation is 3. The minimum absolute atomic E-state index is 0.200. The van der Waals surface area contributed by atoms with Crippen LogP contribution in [-0.2, 0) is 16.1 Å². The van der Waals surface area contributed by atoms with Crippen molar-refractivity contribution in [1.29, 1.82) is 0 Å². The van der Waals surface area contributed by atoms with E-state index in [0.29, 0.717) is 15.9 Å². The number of para-hydroxylation sites is 1. The molecule has 0 radical (unpaired) electrons. The van der Waals surface area contributed by atoms with E-state index in [0.717, 1.165) is 27.1 Å². The molecule has 2 heterocycles. The van der Waals surface area contributed by atoms with Gasteiger partial charge in [0.05, 0.1) is 16.6 Å². The summed E-state index contributed by atoms with van der Waals surface area (Å²) in [4.78, 5) is 46.0. The van der Waals surface area contributed by atoms with Crippen molar-refractivity contribution >= 4 is 39.1 Å². The number of carbonyl (C=O) groups excluding carboxylic acids is 2. The maximum Gasteiger partial charge on any atom is 0.340 e. The Labute approximate surface area is 194 Å². The zero-order chi connectivity index (χ0) is 23.7. The molecule has 0 aliphatic rings. The number of thiophene rings is 1. The number of benzene rings is 2. The van der Waals surface area contributed by atoms with Gasteiger partial charge >= 0.3 is 5.97 Å². The second-order valence-corrected chi connectivity index (χ2v) is 9.05. The number of rotatable bonds is 5. The van der Waals surface area contributed by atoms with Crippen LogP contribution in [0.5, 0.6) is 0 Å². The highest BCUT2D eigenvalue weighted by molar-refractivity contribution is 7.19. The zero-order valence-electron chi connectivity index (χ0n) is 18.7. The Morgan fingerprint density at radius 2 is 1.82 bits per heavy atom. The van der Waals surface area contributed by atoms with Crippen LogP contribution in [0.4, 0.5) is 5.69 Å². The summed E-state index contributed by atoms with van der Waals surface area (Å²) in [5.74, 6) is -0.647. The predicted molar refractivity (Wildman–Crippen MR) is 130 cm³/mol. The number of H-pyrrole nitrogens is 1.